The molecule has 6 heteroatoms. The monoisotopic (exact) mass is 358 g/mol. The fourth-order valence-electron chi connectivity index (χ4n) is 2.68. The second-order valence-electron chi connectivity index (χ2n) is 6.54. The van der Waals surface area contributed by atoms with Crippen LogP contribution in [0.5, 0.6) is 0 Å². The Hall–Kier alpha value is -2.21. The Bertz CT molecular complexity index is 652. The van der Waals surface area contributed by atoms with E-state index in [1.54, 1.807) is 0 Å². The minimum Gasteiger partial charge on any atom is -0.352 e. The summed E-state index contributed by atoms with van der Waals surface area (Å²) in [5.74, 6) is 1.31. The number of aromatic nitrogens is 2. The first-order chi connectivity index (χ1) is 12.7. The topological polar surface area (TPSA) is 94.0 Å². The number of carbonyl (C=O) groups excluding carboxylic acids is 1. The van der Waals surface area contributed by atoms with Crippen LogP contribution in [0.25, 0.3) is 11.4 Å². The van der Waals surface area contributed by atoms with Crippen LogP contribution in [0.2, 0.25) is 0 Å². The van der Waals surface area contributed by atoms with Crippen LogP contribution in [0.4, 0.5) is 0 Å². The van der Waals surface area contributed by atoms with Crippen molar-refractivity contribution in [3.63, 3.8) is 0 Å². The lowest BCUT2D eigenvalue weighted by Gasteiger charge is -2.06. The Morgan fingerprint density at radius 1 is 1.12 bits per heavy atom. The van der Waals surface area contributed by atoms with Gasteiger partial charge in [0.05, 0.1) is 0 Å². The molecule has 0 aliphatic rings. The van der Waals surface area contributed by atoms with Gasteiger partial charge in [0.1, 0.15) is 0 Å². The second kappa shape index (κ2) is 11.4. The Labute approximate surface area is 155 Å². The molecule has 0 bridgehead atoms. The first-order valence-corrected chi connectivity index (χ1v) is 9.61. The minimum absolute atomic E-state index is 0.119. The highest BCUT2D eigenvalue weighted by atomic mass is 16.5. The van der Waals surface area contributed by atoms with Gasteiger partial charge < -0.3 is 15.6 Å². The molecule has 2 aromatic rings. The largest absolute Gasteiger partial charge is 0.352 e. The van der Waals surface area contributed by atoms with E-state index in [9.17, 15) is 4.79 Å². The van der Waals surface area contributed by atoms with Crippen LogP contribution >= 0.6 is 0 Å². The first-order valence-electron chi connectivity index (χ1n) is 9.61. The van der Waals surface area contributed by atoms with Gasteiger partial charge in [-0.1, -0.05) is 62.0 Å². The van der Waals surface area contributed by atoms with Gasteiger partial charge in [-0.05, 0) is 24.9 Å². The predicted molar refractivity (Wildman–Crippen MR) is 102 cm³/mol. The maximum atomic E-state index is 11.9. The zero-order valence-electron chi connectivity index (χ0n) is 15.7. The Morgan fingerprint density at radius 3 is 2.62 bits per heavy atom. The fraction of sp³-hybridized carbons (Fsp3) is 0.550. The summed E-state index contributed by atoms with van der Waals surface area (Å²) in [6, 6.07) is 7.85. The number of nitrogens with two attached hydrogens (primary N) is 1. The van der Waals surface area contributed by atoms with E-state index >= 15 is 0 Å². The molecule has 0 fully saturated rings. The van der Waals surface area contributed by atoms with Crippen molar-refractivity contribution in [2.75, 3.05) is 6.54 Å². The Morgan fingerprint density at radius 2 is 1.88 bits per heavy atom. The van der Waals surface area contributed by atoms with Crippen molar-refractivity contribution < 1.29 is 9.32 Å². The molecule has 0 unspecified atom stereocenters. The lowest BCUT2D eigenvalue weighted by molar-refractivity contribution is -0.121. The number of aryl methyl sites for hydroxylation is 1. The molecule has 0 atom stereocenters. The van der Waals surface area contributed by atoms with Crippen LogP contribution in [-0.4, -0.2) is 22.6 Å². The van der Waals surface area contributed by atoms with Crippen molar-refractivity contribution in [2.24, 2.45) is 5.73 Å². The van der Waals surface area contributed by atoms with E-state index in [0.717, 1.165) is 30.4 Å². The molecule has 0 spiro atoms. The van der Waals surface area contributed by atoms with Crippen molar-refractivity contribution in [1.29, 1.82) is 0 Å². The lowest BCUT2D eigenvalue weighted by atomic mass is 10.1. The van der Waals surface area contributed by atoms with Crippen molar-refractivity contribution in [3.8, 4) is 11.4 Å². The fourth-order valence-corrected chi connectivity index (χ4v) is 2.68. The third-order valence-electron chi connectivity index (χ3n) is 4.27. The molecule has 2 rings (SSSR count). The zero-order chi connectivity index (χ0) is 18.6. The van der Waals surface area contributed by atoms with E-state index in [1.165, 1.54) is 19.3 Å². The van der Waals surface area contributed by atoms with Crippen LogP contribution in [0.3, 0.4) is 0 Å². The average molecular weight is 358 g/mol. The Balaban J connectivity index is 1.75. The predicted octanol–water partition coefficient (Wildman–Crippen LogP) is 3.60. The molecule has 1 aromatic carbocycles. The van der Waals surface area contributed by atoms with E-state index in [2.05, 4.69) is 22.4 Å². The standard InChI is InChI=1S/C20H30N4O2/c1-2-3-4-5-6-8-18(25)22-15-16-10-12-17(13-11-16)20-23-19(26-24-20)9-7-14-21/h10-13H,2-9,14-15,21H2,1H3,(H,22,25). The number of hydrogen-bond donors (Lipinski definition) is 2. The van der Waals surface area contributed by atoms with Gasteiger partial charge in [-0.15, -0.1) is 0 Å². The van der Waals surface area contributed by atoms with Gasteiger partial charge in [-0.2, -0.15) is 4.98 Å². The van der Waals surface area contributed by atoms with Gasteiger partial charge in [0, 0.05) is 24.9 Å². The summed E-state index contributed by atoms with van der Waals surface area (Å²) in [7, 11) is 0. The maximum absolute atomic E-state index is 11.9. The van der Waals surface area contributed by atoms with Gasteiger partial charge in [0.2, 0.25) is 17.6 Å². The molecular weight excluding hydrogens is 328 g/mol. The summed E-state index contributed by atoms with van der Waals surface area (Å²) in [4.78, 5) is 16.2. The number of nitrogens with one attached hydrogen (secondary N) is 1. The average Bonchev–Trinajstić information content (AvgIpc) is 3.14. The maximum Gasteiger partial charge on any atom is 0.227 e. The van der Waals surface area contributed by atoms with Crippen molar-refractivity contribution in [2.45, 2.75) is 64.8 Å². The second-order valence-corrected chi connectivity index (χ2v) is 6.54. The van der Waals surface area contributed by atoms with Gasteiger partial charge >= 0.3 is 0 Å². The molecule has 0 aliphatic heterocycles. The molecule has 3 N–H and O–H groups in total. The van der Waals surface area contributed by atoms with Crippen LogP contribution in [0, 0.1) is 0 Å². The van der Waals surface area contributed by atoms with E-state index in [-0.39, 0.29) is 5.91 Å². The van der Waals surface area contributed by atoms with Crippen molar-refractivity contribution in [1.82, 2.24) is 15.5 Å². The van der Waals surface area contributed by atoms with E-state index in [1.807, 2.05) is 24.3 Å². The number of nitrogens with zero attached hydrogens (tertiary/aromatic N) is 2. The molecule has 142 valence electrons. The molecule has 1 amide bonds. The zero-order valence-corrected chi connectivity index (χ0v) is 15.7. The molecule has 1 aromatic heterocycles. The highest BCUT2D eigenvalue weighted by Crippen LogP contribution is 2.17. The molecular formula is C20H30N4O2. The van der Waals surface area contributed by atoms with E-state index in [0.29, 0.717) is 37.6 Å². The molecule has 0 saturated heterocycles. The summed E-state index contributed by atoms with van der Waals surface area (Å²) in [5.41, 5.74) is 7.44. The minimum atomic E-state index is 0.119. The molecule has 6 nitrogen and oxygen atoms in total. The summed E-state index contributed by atoms with van der Waals surface area (Å²) in [6.45, 7) is 3.34. The van der Waals surface area contributed by atoms with Crippen LogP contribution in [-0.2, 0) is 17.8 Å². The van der Waals surface area contributed by atoms with Crippen LogP contribution in [0.1, 0.15) is 63.3 Å². The molecule has 0 radical (unpaired) electrons. The third-order valence-corrected chi connectivity index (χ3v) is 4.27. The molecule has 0 aliphatic carbocycles. The van der Waals surface area contributed by atoms with E-state index in [4.69, 9.17) is 10.3 Å². The van der Waals surface area contributed by atoms with E-state index < -0.39 is 0 Å². The quantitative estimate of drug-likeness (QED) is 0.565. The van der Waals surface area contributed by atoms with Gasteiger partial charge in [-0.3, -0.25) is 4.79 Å². The smallest absolute Gasteiger partial charge is 0.227 e. The number of amides is 1. The number of hydrogen-bond acceptors (Lipinski definition) is 5. The SMILES string of the molecule is CCCCCCCC(=O)NCc1ccc(-c2noc(CCCN)n2)cc1. The summed E-state index contributed by atoms with van der Waals surface area (Å²) < 4.78 is 5.22. The van der Waals surface area contributed by atoms with Crippen molar-refractivity contribution in [3.05, 3.63) is 35.7 Å². The molecule has 1 heterocycles. The number of benzene rings is 1. The van der Waals surface area contributed by atoms with Crippen LogP contribution < -0.4 is 11.1 Å². The van der Waals surface area contributed by atoms with Crippen LogP contribution in [0.15, 0.2) is 28.8 Å². The summed E-state index contributed by atoms with van der Waals surface area (Å²) in [5, 5.41) is 6.98. The molecule has 0 saturated carbocycles. The number of rotatable bonds is 12. The number of unbranched alkanes of at least 4 members (excludes halogenated alkanes) is 4. The lowest BCUT2D eigenvalue weighted by Crippen LogP contribution is -2.22. The Kier molecular flexibility index (Phi) is 8.83. The van der Waals surface area contributed by atoms with Gasteiger partial charge in [0.25, 0.3) is 0 Å². The normalized spacial score (nSPS) is 10.8. The van der Waals surface area contributed by atoms with Gasteiger partial charge in [-0.25, -0.2) is 0 Å². The highest BCUT2D eigenvalue weighted by Gasteiger charge is 2.08. The number of carbonyl (C=O) groups is 1. The summed E-state index contributed by atoms with van der Waals surface area (Å²) >= 11 is 0. The summed E-state index contributed by atoms with van der Waals surface area (Å²) in [6.07, 6.45) is 7.93. The highest BCUT2D eigenvalue weighted by molar-refractivity contribution is 5.75. The molecule has 26 heavy (non-hydrogen) atoms. The van der Waals surface area contributed by atoms with Crippen molar-refractivity contribution >= 4 is 5.91 Å². The van der Waals surface area contributed by atoms with Gasteiger partial charge in [0.15, 0.2) is 0 Å². The first kappa shape index (κ1) is 20.1. The third kappa shape index (κ3) is 6.96.